The van der Waals surface area contributed by atoms with Crippen LogP contribution >= 0.6 is 11.3 Å². The molecule has 0 radical (unpaired) electrons. The quantitative estimate of drug-likeness (QED) is 0.909. The second kappa shape index (κ2) is 5.93. The molecular weight excluding hydrogens is 260 g/mol. The van der Waals surface area contributed by atoms with Crippen molar-refractivity contribution in [1.29, 1.82) is 0 Å². The Morgan fingerprint density at radius 1 is 1.42 bits per heavy atom. The van der Waals surface area contributed by atoms with Gasteiger partial charge >= 0.3 is 5.97 Å². The van der Waals surface area contributed by atoms with Gasteiger partial charge in [-0.05, 0) is 25.0 Å². The summed E-state index contributed by atoms with van der Waals surface area (Å²) in [5.74, 6) is -0.940. The van der Waals surface area contributed by atoms with Crippen LogP contribution in [0.15, 0.2) is 18.3 Å². The lowest BCUT2D eigenvalue weighted by Crippen LogP contribution is -1.97. The van der Waals surface area contributed by atoms with Crippen molar-refractivity contribution in [2.75, 3.05) is 0 Å². The van der Waals surface area contributed by atoms with Crippen molar-refractivity contribution in [3.63, 3.8) is 0 Å². The zero-order valence-corrected chi connectivity index (χ0v) is 11.8. The van der Waals surface area contributed by atoms with Gasteiger partial charge in [0.05, 0.1) is 17.0 Å². The van der Waals surface area contributed by atoms with E-state index in [-0.39, 0.29) is 5.56 Å². The van der Waals surface area contributed by atoms with Crippen molar-refractivity contribution in [2.45, 2.75) is 33.1 Å². The SMILES string of the molecule is CCCc1nc(-c2cc(C(=O)O)ccn2)sc1CC. The summed E-state index contributed by atoms with van der Waals surface area (Å²) in [5, 5.41) is 9.81. The van der Waals surface area contributed by atoms with E-state index in [9.17, 15) is 4.79 Å². The average molecular weight is 276 g/mol. The van der Waals surface area contributed by atoms with Crippen LogP contribution < -0.4 is 0 Å². The Kier molecular flexibility index (Phi) is 4.27. The van der Waals surface area contributed by atoms with E-state index in [0.717, 1.165) is 30.0 Å². The smallest absolute Gasteiger partial charge is 0.335 e. The number of carboxylic acid groups (broad SMARTS) is 1. The summed E-state index contributed by atoms with van der Waals surface area (Å²) in [7, 11) is 0. The fourth-order valence-corrected chi connectivity index (χ4v) is 2.90. The van der Waals surface area contributed by atoms with E-state index in [1.165, 1.54) is 17.1 Å². The minimum absolute atomic E-state index is 0.246. The van der Waals surface area contributed by atoms with E-state index in [2.05, 4.69) is 23.8 Å². The Bertz CT molecular complexity index is 593. The molecule has 0 unspecified atom stereocenters. The van der Waals surface area contributed by atoms with Crippen LogP contribution in [0, 0.1) is 0 Å². The molecule has 0 bridgehead atoms. The van der Waals surface area contributed by atoms with Crippen molar-refractivity contribution in [3.8, 4) is 10.7 Å². The summed E-state index contributed by atoms with van der Waals surface area (Å²) in [6, 6.07) is 3.07. The number of carbonyl (C=O) groups is 1. The monoisotopic (exact) mass is 276 g/mol. The summed E-state index contributed by atoms with van der Waals surface area (Å²) in [4.78, 5) is 21.1. The van der Waals surface area contributed by atoms with Crippen LogP contribution in [0.2, 0.25) is 0 Å². The highest BCUT2D eigenvalue weighted by Gasteiger charge is 2.13. The first-order chi connectivity index (χ1) is 9.15. The van der Waals surface area contributed by atoms with Crippen LogP contribution in [0.4, 0.5) is 0 Å². The summed E-state index contributed by atoms with van der Waals surface area (Å²) in [6.45, 7) is 4.24. The molecule has 2 rings (SSSR count). The van der Waals surface area contributed by atoms with Crippen LogP contribution in [0.1, 0.15) is 41.2 Å². The minimum atomic E-state index is -0.940. The molecule has 2 aromatic heterocycles. The van der Waals surface area contributed by atoms with Gasteiger partial charge in [-0.1, -0.05) is 20.3 Å². The Hall–Kier alpha value is -1.75. The molecule has 0 aliphatic carbocycles. The third kappa shape index (κ3) is 2.98. The van der Waals surface area contributed by atoms with Gasteiger partial charge in [0.1, 0.15) is 5.01 Å². The molecule has 5 heteroatoms. The molecule has 0 fully saturated rings. The molecule has 0 saturated carbocycles. The number of aromatic carboxylic acids is 1. The molecule has 4 nitrogen and oxygen atoms in total. The van der Waals surface area contributed by atoms with Gasteiger partial charge in [0.15, 0.2) is 0 Å². The van der Waals surface area contributed by atoms with Crippen LogP contribution in [0.5, 0.6) is 0 Å². The first kappa shape index (κ1) is 13.7. The lowest BCUT2D eigenvalue weighted by molar-refractivity contribution is 0.0697. The molecule has 0 aromatic carbocycles. The Morgan fingerprint density at radius 2 is 2.21 bits per heavy atom. The van der Waals surface area contributed by atoms with Gasteiger partial charge in [0, 0.05) is 11.1 Å². The Morgan fingerprint density at radius 3 is 2.84 bits per heavy atom. The highest BCUT2D eigenvalue weighted by molar-refractivity contribution is 7.15. The average Bonchev–Trinajstić information content (AvgIpc) is 2.82. The molecular formula is C14H16N2O2S. The summed E-state index contributed by atoms with van der Waals surface area (Å²) in [5.41, 5.74) is 2.00. The van der Waals surface area contributed by atoms with Gasteiger partial charge in [-0.2, -0.15) is 0 Å². The highest BCUT2D eigenvalue weighted by Crippen LogP contribution is 2.28. The second-order valence-corrected chi connectivity index (χ2v) is 5.31. The normalized spacial score (nSPS) is 10.6. The molecule has 0 spiro atoms. The lowest BCUT2D eigenvalue weighted by Gasteiger charge is -1.97. The number of hydrogen-bond acceptors (Lipinski definition) is 4. The summed E-state index contributed by atoms with van der Waals surface area (Å²) in [6.07, 6.45) is 4.48. The minimum Gasteiger partial charge on any atom is -0.478 e. The molecule has 0 aliphatic rings. The molecule has 0 aliphatic heterocycles. The third-order valence-corrected chi connectivity index (χ3v) is 4.08. The number of pyridine rings is 1. The largest absolute Gasteiger partial charge is 0.478 e. The summed E-state index contributed by atoms with van der Waals surface area (Å²) >= 11 is 1.61. The Balaban J connectivity index is 2.41. The van der Waals surface area contributed by atoms with Crippen molar-refractivity contribution >= 4 is 17.3 Å². The third-order valence-electron chi connectivity index (χ3n) is 2.81. The molecule has 2 heterocycles. The van der Waals surface area contributed by atoms with Crippen molar-refractivity contribution in [2.24, 2.45) is 0 Å². The topological polar surface area (TPSA) is 63.1 Å². The van der Waals surface area contributed by atoms with Crippen LogP contribution in [-0.2, 0) is 12.8 Å². The van der Waals surface area contributed by atoms with E-state index in [1.807, 2.05) is 0 Å². The molecule has 1 N–H and O–H groups in total. The first-order valence-electron chi connectivity index (χ1n) is 6.34. The van der Waals surface area contributed by atoms with Crippen LogP contribution in [-0.4, -0.2) is 21.0 Å². The molecule has 0 atom stereocenters. The van der Waals surface area contributed by atoms with Gasteiger partial charge < -0.3 is 5.11 Å². The van der Waals surface area contributed by atoms with Gasteiger partial charge in [-0.15, -0.1) is 11.3 Å². The van der Waals surface area contributed by atoms with E-state index in [1.54, 1.807) is 17.4 Å². The number of hydrogen-bond donors (Lipinski definition) is 1. The predicted octanol–water partition coefficient (Wildman–Crippen LogP) is 3.42. The van der Waals surface area contributed by atoms with E-state index >= 15 is 0 Å². The van der Waals surface area contributed by atoms with Gasteiger partial charge in [-0.25, -0.2) is 9.78 Å². The van der Waals surface area contributed by atoms with Crippen molar-refractivity contribution < 1.29 is 9.90 Å². The zero-order chi connectivity index (χ0) is 13.8. The maximum absolute atomic E-state index is 11.0. The van der Waals surface area contributed by atoms with Crippen molar-refractivity contribution in [3.05, 3.63) is 34.5 Å². The zero-order valence-electron chi connectivity index (χ0n) is 11.0. The molecule has 100 valence electrons. The molecule has 19 heavy (non-hydrogen) atoms. The van der Waals surface area contributed by atoms with Gasteiger partial charge in [-0.3, -0.25) is 4.98 Å². The van der Waals surface area contributed by atoms with Gasteiger partial charge in [0.25, 0.3) is 0 Å². The number of rotatable bonds is 5. The number of carboxylic acids is 1. The number of thiazole rings is 1. The molecule has 2 aromatic rings. The fraction of sp³-hybridized carbons (Fsp3) is 0.357. The van der Waals surface area contributed by atoms with E-state index < -0.39 is 5.97 Å². The maximum atomic E-state index is 11.0. The highest BCUT2D eigenvalue weighted by atomic mass is 32.1. The summed E-state index contributed by atoms with van der Waals surface area (Å²) < 4.78 is 0. The number of nitrogens with zero attached hydrogens (tertiary/aromatic N) is 2. The lowest BCUT2D eigenvalue weighted by atomic mass is 10.2. The van der Waals surface area contributed by atoms with Gasteiger partial charge in [0.2, 0.25) is 0 Å². The Labute approximate surface area is 116 Å². The van der Waals surface area contributed by atoms with E-state index in [0.29, 0.717) is 5.69 Å². The fourth-order valence-electron chi connectivity index (χ4n) is 1.88. The first-order valence-corrected chi connectivity index (χ1v) is 7.15. The van der Waals surface area contributed by atoms with E-state index in [4.69, 9.17) is 5.11 Å². The number of aromatic nitrogens is 2. The predicted molar refractivity (Wildman–Crippen MR) is 75.7 cm³/mol. The van der Waals surface area contributed by atoms with Crippen LogP contribution in [0.3, 0.4) is 0 Å². The number of aryl methyl sites for hydroxylation is 2. The molecule has 0 saturated heterocycles. The maximum Gasteiger partial charge on any atom is 0.335 e. The van der Waals surface area contributed by atoms with Crippen molar-refractivity contribution in [1.82, 2.24) is 9.97 Å². The molecule has 0 amide bonds. The standard InChI is InChI=1S/C14H16N2O2S/c1-3-5-10-12(4-2)19-13(16-10)11-8-9(14(17)18)6-7-15-11/h6-8H,3-5H2,1-2H3,(H,17,18). The second-order valence-electron chi connectivity index (χ2n) is 4.23. The van der Waals surface area contributed by atoms with Crippen LogP contribution in [0.25, 0.3) is 10.7 Å².